The van der Waals surface area contributed by atoms with Crippen LogP contribution in [0.5, 0.6) is 0 Å². The van der Waals surface area contributed by atoms with Crippen molar-refractivity contribution in [2.45, 2.75) is 51.4 Å². The minimum atomic E-state index is -4.53. The average molecular weight is 473 g/mol. The molecule has 0 bridgehead atoms. The lowest BCUT2D eigenvalue weighted by atomic mass is 9.86. The monoisotopic (exact) mass is 472 g/mol. The second-order valence-electron chi connectivity index (χ2n) is 7.18. The highest BCUT2D eigenvalue weighted by molar-refractivity contribution is 8.13. The molecule has 0 radical (unpaired) electrons. The number of nitrogens with zero attached hydrogens (tertiary/aromatic N) is 2. The summed E-state index contributed by atoms with van der Waals surface area (Å²) in [6.07, 6.45) is -4.78. The fraction of sp³-hybridized carbons (Fsp3) is 0.778. The number of thioether (sulfide) groups is 1. The van der Waals surface area contributed by atoms with E-state index in [1.54, 1.807) is 20.1 Å². The number of amides is 3. The maximum atomic E-state index is 13.0. The van der Waals surface area contributed by atoms with Crippen LogP contribution in [0.15, 0.2) is 4.99 Å². The van der Waals surface area contributed by atoms with Gasteiger partial charge in [0.15, 0.2) is 5.17 Å². The van der Waals surface area contributed by atoms with Gasteiger partial charge in [-0.2, -0.15) is 13.2 Å². The van der Waals surface area contributed by atoms with Gasteiger partial charge in [0.25, 0.3) is 5.91 Å². The van der Waals surface area contributed by atoms with E-state index in [9.17, 15) is 32.8 Å². The molecule has 0 aliphatic carbocycles. The van der Waals surface area contributed by atoms with Crippen molar-refractivity contribution < 1.29 is 37.5 Å². The number of hydrogen-bond donors (Lipinski definition) is 3. The van der Waals surface area contributed by atoms with Crippen LogP contribution < -0.4 is 10.6 Å². The van der Waals surface area contributed by atoms with Crippen molar-refractivity contribution in [3.8, 4) is 0 Å². The summed E-state index contributed by atoms with van der Waals surface area (Å²) in [6.45, 7) is 3.28. The summed E-state index contributed by atoms with van der Waals surface area (Å²) < 4.78 is 43.2. The smallest absolute Gasteiger partial charge is 0.382 e. The second-order valence-corrected chi connectivity index (χ2v) is 7.98. The number of carbonyl (C=O) groups excluding carboxylic acids is 3. The van der Waals surface area contributed by atoms with Crippen molar-refractivity contribution in [2.75, 3.05) is 27.0 Å². The van der Waals surface area contributed by atoms with Gasteiger partial charge >= 0.3 is 6.18 Å². The molecule has 0 unspecified atom stereocenters. The SMILES string of the molecule is CN=C(NC(=O)[C@H](COC)NC(=O)[C@H](CC(C)C)[C@H](CCC(F)(F)F)N(O)C=O)SC. The molecule has 0 saturated carbocycles. The number of rotatable bonds is 12. The fourth-order valence-electron chi connectivity index (χ4n) is 2.87. The second kappa shape index (κ2) is 14.2. The van der Waals surface area contributed by atoms with Gasteiger partial charge in [-0.05, 0) is 25.0 Å². The van der Waals surface area contributed by atoms with Crippen LogP contribution in [0.3, 0.4) is 0 Å². The lowest BCUT2D eigenvalue weighted by Gasteiger charge is -2.32. The molecule has 0 spiro atoms. The van der Waals surface area contributed by atoms with E-state index in [1.807, 2.05) is 0 Å². The van der Waals surface area contributed by atoms with Gasteiger partial charge in [0.2, 0.25) is 12.3 Å². The molecule has 0 aromatic rings. The van der Waals surface area contributed by atoms with Crippen molar-refractivity contribution in [3.63, 3.8) is 0 Å². The van der Waals surface area contributed by atoms with Crippen LogP contribution in [-0.4, -0.2) is 78.9 Å². The lowest BCUT2D eigenvalue weighted by Crippen LogP contribution is -2.54. The Bertz CT molecular complexity index is 619. The molecule has 31 heavy (non-hydrogen) atoms. The summed E-state index contributed by atoms with van der Waals surface area (Å²) in [5.74, 6) is -2.74. The molecule has 0 aromatic carbocycles. The Balaban J connectivity index is 5.70. The molecule has 13 heteroatoms. The Kier molecular flexibility index (Phi) is 13.4. The molecular formula is C18H31F3N4O5S. The zero-order valence-electron chi connectivity index (χ0n) is 18.2. The standard InChI is InChI=1S/C18H31F3N4O5S/c1-11(2)8-12(14(25(29)10-26)6-7-18(19,20)21)15(27)23-13(9-30-4)16(28)24-17(22-3)31-5/h10-14,29H,6-9H2,1-5H3,(H,23,27)(H,22,24,28)/t12-,13+,14+/m1/s1. The number of halogens is 3. The number of hydrogen-bond acceptors (Lipinski definition) is 7. The zero-order chi connectivity index (χ0) is 24.2. The molecule has 0 aliphatic rings. The van der Waals surface area contributed by atoms with Gasteiger partial charge in [-0.1, -0.05) is 25.6 Å². The largest absolute Gasteiger partial charge is 0.389 e. The molecule has 0 heterocycles. The molecule has 0 rings (SSSR count). The lowest BCUT2D eigenvalue weighted by molar-refractivity contribution is -0.178. The third-order valence-electron chi connectivity index (χ3n) is 4.29. The molecule has 3 N–H and O–H groups in total. The fourth-order valence-corrected chi connectivity index (χ4v) is 3.26. The Morgan fingerprint density at radius 1 is 1.29 bits per heavy atom. The quantitative estimate of drug-likeness (QED) is 0.131. The summed E-state index contributed by atoms with van der Waals surface area (Å²) in [7, 11) is 2.78. The Labute approximate surface area is 184 Å². The highest BCUT2D eigenvalue weighted by Gasteiger charge is 2.38. The van der Waals surface area contributed by atoms with Gasteiger partial charge in [-0.3, -0.25) is 24.6 Å². The Hall–Kier alpha value is -1.86. The van der Waals surface area contributed by atoms with E-state index < -0.39 is 48.8 Å². The van der Waals surface area contributed by atoms with E-state index in [-0.39, 0.29) is 30.4 Å². The highest BCUT2D eigenvalue weighted by Crippen LogP contribution is 2.28. The number of alkyl halides is 3. The van der Waals surface area contributed by atoms with E-state index in [4.69, 9.17) is 4.74 Å². The zero-order valence-corrected chi connectivity index (χ0v) is 19.0. The summed E-state index contributed by atoms with van der Waals surface area (Å²) in [4.78, 5) is 40.4. The highest BCUT2D eigenvalue weighted by atomic mass is 32.2. The first-order valence-electron chi connectivity index (χ1n) is 9.50. The molecule has 3 atom stereocenters. The van der Waals surface area contributed by atoms with Crippen LogP contribution in [-0.2, 0) is 19.1 Å². The minimum Gasteiger partial charge on any atom is -0.382 e. The van der Waals surface area contributed by atoms with E-state index in [1.165, 1.54) is 25.9 Å². The van der Waals surface area contributed by atoms with Crippen LogP contribution in [0, 0.1) is 11.8 Å². The molecule has 180 valence electrons. The number of hydroxylamine groups is 2. The van der Waals surface area contributed by atoms with Crippen molar-refractivity contribution in [1.82, 2.24) is 15.7 Å². The molecule has 0 saturated heterocycles. The molecule has 9 nitrogen and oxygen atoms in total. The van der Waals surface area contributed by atoms with Gasteiger partial charge in [-0.15, -0.1) is 0 Å². The maximum Gasteiger partial charge on any atom is 0.389 e. The van der Waals surface area contributed by atoms with E-state index >= 15 is 0 Å². The normalized spacial score (nSPS) is 15.2. The van der Waals surface area contributed by atoms with Crippen LogP contribution >= 0.6 is 11.8 Å². The van der Waals surface area contributed by atoms with Gasteiger partial charge in [0, 0.05) is 20.6 Å². The first-order valence-corrected chi connectivity index (χ1v) is 10.7. The van der Waals surface area contributed by atoms with Crippen molar-refractivity contribution in [1.29, 1.82) is 0 Å². The summed E-state index contributed by atoms with van der Waals surface area (Å²) in [5, 5.41) is 15.2. The van der Waals surface area contributed by atoms with E-state index in [2.05, 4.69) is 15.6 Å². The third-order valence-corrected chi connectivity index (χ3v) is 4.96. The first-order chi connectivity index (χ1) is 14.4. The topological polar surface area (TPSA) is 120 Å². The van der Waals surface area contributed by atoms with E-state index in [0.717, 1.165) is 0 Å². The van der Waals surface area contributed by atoms with Gasteiger partial charge in [-0.25, -0.2) is 5.06 Å². The number of amidine groups is 1. The maximum absolute atomic E-state index is 13.0. The molecule has 0 aromatic heterocycles. The summed E-state index contributed by atoms with van der Waals surface area (Å²) in [5.41, 5.74) is 0. The van der Waals surface area contributed by atoms with Gasteiger partial charge < -0.3 is 15.4 Å². The Morgan fingerprint density at radius 2 is 1.90 bits per heavy atom. The van der Waals surface area contributed by atoms with Crippen LogP contribution in [0.4, 0.5) is 13.2 Å². The minimum absolute atomic E-state index is 0.0382. The number of nitrogens with one attached hydrogen (secondary N) is 2. The van der Waals surface area contributed by atoms with Crippen LogP contribution in [0.25, 0.3) is 0 Å². The molecule has 3 amide bonds. The van der Waals surface area contributed by atoms with Crippen LogP contribution in [0.2, 0.25) is 0 Å². The summed E-state index contributed by atoms with van der Waals surface area (Å²) >= 11 is 1.17. The Morgan fingerprint density at radius 3 is 2.32 bits per heavy atom. The first kappa shape index (κ1) is 29.1. The number of carbonyl (C=O) groups is 3. The van der Waals surface area contributed by atoms with Crippen molar-refractivity contribution >= 4 is 35.2 Å². The average Bonchev–Trinajstić information content (AvgIpc) is 2.69. The van der Waals surface area contributed by atoms with Gasteiger partial charge in [0.05, 0.1) is 18.6 Å². The molecular weight excluding hydrogens is 441 g/mol. The predicted octanol–water partition coefficient (Wildman–Crippen LogP) is 1.80. The third kappa shape index (κ3) is 11.4. The van der Waals surface area contributed by atoms with Crippen molar-refractivity contribution in [3.05, 3.63) is 0 Å². The predicted molar refractivity (Wildman–Crippen MR) is 111 cm³/mol. The van der Waals surface area contributed by atoms with E-state index in [0.29, 0.717) is 5.17 Å². The molecule has 0 fully saturated rings. The van der Waals surface area contributed by atoms with Gasteiger partial charge in [0.1, 0.15) is 6.04 Å². The number of methoxy groups -OCH3 is 1. The summed E-state index contributed by atoms with van der Waals surface area (Å²) in [6, 6.07) is -2.59. The number of ether oxygens (including phenoxy) is 1. The number of aliphatic imine (C=N–C) groups is 1. The van der Waals surface area contributed by atoms with Crippen LogP contribution in [0.1, 0.15) is 33.1 Å². The van der Waals surface area contributed by atoms with Crippen molar-refractivity contribution in [2.24, 2.45) is 16.8 Å². The molecule has 0 aliphatic heterocycles.